The molecule has 47 heavy (non-hydrogen) atoms. The van der Waals surface area contributed by atoms with Crippen molar-refractivity contribution in [1.29, 1.82) is 0 Å². The standard InChI is InChI=1S/C35H26Cl4N4O4/c36-24-18-28-30(20-26(24)38)42(22-8-3-1-4-9-22)32(40(28)16-14-34(44)45)12-7-13-33-41(17-15-35(46)47)29-19-25(37)27(39)21-31(29)43(33)23-10-5-2-6-11-23/h1-13,18-21H,14-17H2,(H-,44,45,46,47). The Morgan fingerprint density at radius 2 is 1.38 bits per heavy atom. The maximum Gasteiger partial charge on any atom is 0.307 e. The van der Waals surface area contributed by atoms with E-state index >= 15 is 0 Å². The molecular formula is C35H26Cl4N4O4. The van der Waals surface area contributed by atoms with Gasteiger partial charge in [0, 0.05) is 42.8 Å². The number of para-hydroxylation sites is 2. The van der Waals surface area contributed by atoms with Crippen LogP contribution in [0.4, 0.5) is 17.1 Å². The molecule has 5 aromatic rings. The number of aryl methyl sites for hydroxylation is 1. The van der Waals surface area contributed by atoms with Crippen LogP contribution in [0, 0.1) is 0 Å². The number of nitrogens with zero attached hydrogens (tertiary/aromatic N) is 4. The first-order valence-electron chi connectivity index (χ1n) is 14.5. The molecule has 4 aromatic carbocycles. The third kappa shape index (κ3) is 6.55. The van der Waals surface area contributed by atoms with Gasteiger partial charge in [-0.1, -0.05) is 88.9 Å². The molecule has 0 saturated heterocycles. The second kappa shape index (κ2) is 13.7. The summed E-state index contributed by atoms with van der Waals surface area (Å²) in [6, 6.07) is 26.2. The van der Waals surface area contributed by atoms with Gasteiger partial charge in [-0.25, -0.2) is 4.57 Å². The molecule has 0 amide bonds. The van der Waals surface area contributed by atoms with Gasteiger partial charge in [-0.15, -0.1) is 0 Å². The van der Waals surface area contributed by atoms with Crippen LogP contribution in [-0.2, 0) is 16.1 Å². The summed E-state index contributed by atoms with van der Waals surface area (Å²) in [7, 11) is 0. The van der Waals surface area contributed by atoms with Crippen LogP contribution in [0.15, 0.2) is 103 Å². The van der Waals surface area contributed by atoms with Gasteiger partial charge >= 0.3 is 5.97 Å². The summed E-state index contributed by atoms with van der Waals surface area (Å²) in [4.78, 5) is 27.1. The summed E-state index contributed by atoms with van der Waals surface area (Å²) in [6.07, 6.45) is 5.20. The fourth-order valence-corrected chi connectivity index (χ4v) is 6.34. The maximum absolute atomic E-state index is 11.7. The minimum atomic E-state index is -1.19. The zero-order valence-electron chi connectivity index (χ0n) is 24.6. The molecule has 2 heterocycles. The highest BCUT2D eigenvalue weighted by molar-refractivity contribution is 6.43. The first kappa shape index (κ1) is 32.5. The van der Waals surface area contributed by atoms with Crippen LogP contribution in [-0.4, -0.2) is 28.2 Å². The molecule has 1 aromatic heterocycles. The van der Waals surface area contributed by atoms with Crippen LogP contribution in [0.3, 0.4) is 0 Å². The van der Waals surface area contributed by atoms with Gasteiger partial charge in [-0.3, -0.25) is 9.69 Å². The largest absolute Gasteiger partial charge is 0.550 e. The van der Waals surface area contributed by atoms with E-state index < -0.39 is 11.9 Å². The predicted molar refractivity (Wildman–Crippen MR) is 185 cm³/mol. The van der Waals surface area contributed by atoms with Gasteiger partial charge in [0.25, 0.3) is 5.82 Å². The van der Waals surface area contributed by atoms with E-state index in [0.29, 0.717) is 42.9 Å². The number of carboxylic acid groups (broad SMARTS) is 2. The number of aliphatic carboxylic acids is 2. The second-order valence-electron chi connectivity index (χ2n) is 10.7. The van der Waals surface area contributed by atoms with Crippen molar-refractivity contribution in [3.63, 3.8) is 0 Å². The third-order valence-corrected chi connectivity index (χ3v) is 9.16. The molecular weight excluding hydrogens is 682 g/mol. The fourth-order valence-electron chi connectivity index (χ4n) is 5.70. The maximum atomic E-state index is 11.7. The number of imidazole rings is 1. The molecule has 0 aliphatic carbocycles. The number of anilines is 3. The Labute approximate surface area is 290 Å². The number of carboxylic acids is 2. The average molecular weight is 708 g/mol. The Bertz CT molecular complexity index is 2060. The number of benzene rings is 4. The molecule has 0 spiro atoms. The van der Waals surface area contributed by atoms with Crippen LogP contribution in [0.25, 0.3) is 22.8 Å². The zero-order valence-corrected chi connectivity index (χ0v) is 27.6. The van der Waals surface area contributed by atoms with Gasteiger partial charge < -0.3 is 19.9 Å². The van der Waals surface area contributed by atoms with Gasteiger partial charge in [0.1, 0.15) is 18.1 Å². The number of carbonyl (C=O) groups is 2. The summed E-state index contributed by atoms with van der Waals surface area (Å²) < 4.78 is 3.87. The Morgan fingerprint density at radius 1 is 0.787 bits per heavy atom. The quantitative estimate of drug-likeness (QED) is 0.150. The molecule has 0 bridgehead atoms. The monoisotopic (exact) mass is 706 g/mol. The van der Waals surface area contributed by atoms with Crippen molar-refractivity contribution in [1.82, 2.24) is 4.57 Å². The molecule has 1 aliphatic heterocycles. The number of halogens is 4. The normalized spacial score (nSPS) is 13.7. The molecule has 0 saturated carbocycles. The molecule has 1 N–H and O–H groups in total. The van der Waals surface area contributed by atoms with Crippen molar-refractivity contribution < 1.29 is 24.4 Å². The van der Waals surface area contributed by atoms with Crippen molar-refractivity contribution in [2.45, 2.75) is 19.4 Å². The Hall–Kier alpha value is -4.47. The number of hydrogen-bond donors (Lipinski definition) is 1. The van der Waals surface area contributed by atoms with Crippen molar-refractivity contribution in [2.75, 3.05) is 16.3 Å². The third-order valence-electron chi connectivity index (χ3n) is 7.72. The van der Waals surface area contributed by atoms with Crippen LogP contribution in [0.2, 0.25) is 20.1 Å². The molecule has 12 heteroatoms. The smallest absolute Gasteiger partial charge is 0.307 e. The van der Waals surface area contributed by atoms with Crippen molar-refractivity contribution in [2.24, 2.45) is 0 Å². The van der Waals surface area contributed by atoms with Gasteiger partial charge in [-0.05, 0) is 42.5 Å². The first-order chi connectivity index (χ1) is 22.6. The second-order valence-corrected chi connectivity index (χ2v) is 12.3. The summed E-state index contributed by atoms with van der Waals surface area (Å²) >= 11 is 25.9. The summed E-state index contributed by atoms with van der Waals surface area (Å²) in [5.41, 5.74) is 4.50. The number of allylic oxidation sites excluding steroid dienone is 2. The zero-order chi connectivity index (χ0) is 33.2. The van der Waals surface area contributed by atoms with E-state index in [2.05, 4.69) is 0 Å². The van der Waals surface area contributed by atoms with Crippen LogP contribution in [0.5, 0.6) is 0 Å². The molecule has 8 nitrogen and oxygen atoms in total. The van der Waals surface area contributed by atoms with E-state index in [0.717, 1.165) is 22.6 Å². The molecule has 238 valence electrons. The molecule has 6 rings (SSSR count). The van der Waals surface area contributed by atoms with Crippen LogP contribution < -0.4 is 19.5 Å². The van der Waals surface area contributed by atoms with Crippen molar-refractivity contribution in [3.8, 4) is 5.69 Å². The lowest BCUT2D eigenvalue weighted by atomic mass is 10.2. The van der Waals surface area contributed by atoms with Crippen LogP contribution in [0.1, 0.15) is 18.7 Å². The first-order valence-corrected chi connectivity index (χ1v) is 16.1. The highest BCUT2D eigenvalue weighted by Crippen LogP contribution is 2.49. The van der Waals surface area contributed by atoms with Gasteiger partial charge in [-0.2, -0.15) is 4.57 Å². The summed E-state index contributed by atoms with van der Waals surface area (Å²) in [5, 5.41) is 22.6. The van der Waals surface area contributed by atoms with Gasteiger partial charge in [0.15, 0.2) is 11.0 Å². The lowest BCUT2D eigenvalue weighted by molar-refractivity contribution is -0.672. The van der Waals surface area contributed by atoms with E-state index in [1.54, 1.807) is 24.3 Å². The summed E-state index contributed by atoms with van der Waals surface area (Å²) in [6.45, 7) is 0.270. The fraction of sp³-hybridized carbons (Fsp3) is 0.114. The Kier molecular flexibility index (Phi) is 9.47. The summed E-state index contributed by atoms with van der Waals surface area (Å²) in [5.74, 6) is -0.827. The molecule has 0 unspecified atom stereocenters. The van der Waals surface area contributed by atoms with E-state index in [4.69, 9.17) is 46.4 Å². The van der Waals surface area contributed by atoms with Crippen molar-refractivity contribution in [3.05, 3.63) is 129 Å². The van der Waals surface area contributed by atoms with E-state index in [-0.39, 0.29) is 25.9 Å². The molecule has 0 atom stereocenters. The molecule has 1 aliphatic rings. The van der Waals surface area contributed by atoms with E-state index in [9.17, 15) is 19.8 Å². The minimum Gasteiger partial charge on any atom is -0.550 e. The average Bonchev–Trinajstić information content (AvgIpc) is 3.50. The van der Waals surface area contributed by atoms with E-state index in [1.165, 1.54) is 0 Å². The Morgan fingerprint density at radius 3 is 2.02 bits per heavy atom. The van der Waals surface area contributed by atoms with E-state index in [1.807, 2.05) is 97.8 Å². The number of aromatic nitrogens is 2. The molecule has 0 radical (unpaired) electrons. The minimum absolute atomic E-state index is 0.107. The number of rotatable bonds is 10. The topological polar surface area (TPSA) is 92.7 Å². The number of carbonyl (C=O) groups excluding carboxylic acids is 1. The number of hydrogen-bond acceptors (Lipinski definition) is 5. The lowest BCUT2D eigenvalue weighted by Crippen LogP contribution is -2.37. The van der Waals surface area contributed by atoms with Gasteiger partial charge in [0.2, 0.25) is 0 Å². The lowest BCUT2D eigenvalue weighted by Gasteiger charge is -2.25. The number of fused-ring (bicyclic) bond motifs is 2. The van der Waals surface area contributed by atoms with Crippen molar-refractivity contribution >= 4 is 92.5 Å². The highest BCUT2D eigenvalue weighted by Gasteiger charge is 2.33. The SMILES string of the molecule is O=C([O-])CCN1C(=CC=Cc2n(-c3ccccc3)c3cc(Cl)c(Cl)cc3[n+]2CCC(=O)O)N(c2ccccc2)c2cc(Cl)c(Cl)cc21. The van der Waals surface area contributed by atoms with Gasteiger partial charge in [0.05, 0.1) is 37.9 Å². The van der Waals surface area contributed by atoms with Crippen LogP contribution >= 0.6 is 46.4 Å². The molecule has 0 fully saturated rings. The Balaban J connectivity index is 1.56. The predicted octanol–water partition coefficient (Wildman–Crippen LogP) is 7.66. The highest BCUT2D eigenvalue weighted by atomic mass is 35.5.